The van der Waals surface area contributed by atoms with Gasteiger partial charge in [0.05, 0.1) is 0 Å². The van der Waals surface area contributed by atoms with Crippen LogP contribution in [0.25, 0.3) is 0 Å². The average Bonchev–Trinajstić information content (AvgIpc) is 2.25. The van der Waals surface area contributed by atoms with Crippen molar-refractivity contribution in [3.8, 4) is 5.75 Å². The van der Waals surface area contributed by atoms with Crippen LogP contribution in [0.15, 0.2) is 18.2 Å². The SMILES string of the molecule is CCOC(COc1cc(Cl)cc(Cl)c1)OCC. The van der Waals surface area contributed by atoms with Gasteiger partial charge in [0.1, 0.15) is 12.4 Å². The minimum Gasteiger partial charge on any atom is -0.488 e. The summed E-state index contributed by atoms with van der Waals surface area (Å²) in [5, 5.41) is 1.08. The highest BCUT2D eigenvalue weighted by atomic mass is 35.5. The van der Waals surface area contributed by atoms with Gasteiger partial charge in [-0.1, -0.05) is 23.2 Å². The van der Waals surface area contributed by atoms with E-state index in [1.165, 1.54) is 0 Å². The first-order valence-electron chi connectivity index (χ1n) is 5.47. The van der Waals surface area contributed by atoms with Crippen LogP contribution in [0.5, 0.6) is 5.75 Å². The Morgan fingerprint density at radius 1 is 1.00 bits per heavy atom. The first-order valence-corrected chi connectivity index (χ1v) is 6.23. The van der Waals surface area contributed by atoms with E-state index in [1.807, 2.05) is 13.8 Å². The maximum absolute atomic E-state index is 5.86. The number of hydrogen-bond donors (Lipinski definition) is 0. The summed E-state index contributed by atoms with van der Waals surface area (Å²) >= 11 is 11.7. The van der Waals surface area contributed by atoms with Crippen molar-refractivity contribution in [2.24, 2.45) is 0 Å². The van der Waals surface area contributed by atoms with Gasteiger partial charge in [0, 0.05) is 23.3 Å². The van der Waals surface area contributed by atoms with Crippen LogP contribution in [0.1, 0.15) is 13.8 Å². The fraction of sp³-hybridized carbons (Fsp3) is 0.500. The van der Waals surface area contributed by atoms with Gasteiger partial charge >= 0.3 is 0 Å². The first-order chi connectivity index (χ1) is 8.15. The summed E-state index contributed by atoms with van der Waals surface area (Å²) in [7, 11) is 0. The second kappa shape index (κ2) is 7.77. The number of benzene rings is 1. The molecule has 96 valence electrons. The van der Waals surface area contributed by atoms with E-state index in [0.717, 1.165) is 0 Å². The molecule has 0 amide bonds. The first kappa shape index (κ1) is 14.6. The van der Waals surface area contributed by atoms with Crippen LogP contribution in [0.4, 0.5) is 0 Å². The maximum atomic E-state index is 5.86. The molecular weight excluding hydrogens is 263 g/mol. The third-order valence-electron chi connectivity index (χ3n) is 1.93. The Kier molecular flexibility index (Phi) is 6.66. The minimum atomic E-state index is -0.372. The highest BCUT2D eigenvalue weighted by Crippen LogP contribution is 2.24. The Morgan fingerprint density at radius 3 is 2.00 bits per heavy atom. The minimum absolute atomic E-state index is 0.304. The molecule has 17 heavy (non-hydrogen) atoms. The standard InChI is InChI=1S/C12H16Cl2O3/c1-3-15-12(16-4-2)8-17-11-6-9(13)5-10(14)7-11/h5-7,12H,3-4,8H2,1-2H3. The van der Waals surface area contributed by atoms with Gasteiger partial charge in [-0.2, -0.15) is 0 Å². The van der Waals surface area contributed by atoms with Crippen LogP contribution in [0, 0.1) is 0 Å². The fourth-order valence-electron chi connectivity index (χ4n) is 1.29. The molecule has 3 nitrogen and oxygen atoms in total. The second-order valence-electron chi connectivity index (χ2n) is 3.26. The largest absolute Gasteiger partial charge is 0.488 e. The topological polar surface area (TPSA) is 27.7 Å². The molecule has 0 aromatic heterocycles. The van der Waals surface area contributed by atoms with Gasteiger partial charge in [0.25, 0.3) is 0 Å². The molecule has 1 rings (SSSR count). The molecular formula is C12H16Cl2O3. The molecule has 0 fully saturated rings. The van der Waals surface area contributed by atoms with Gasteiger partial charge in [0.15, 0.2) is 6.29 Å². The molecule has 1 aromatic rings. The number of ether oxygens (including phenoxy) is 3. The highest BCUT2D eigenvalue weighted by Gasteiger charge is 2.09. The molecule has 0 aliphatic carbocycles. The van der Waals surface area contributed by atoms with E-state index < -0.39 is 0 Å². The van der Waals surface area contributed by atoms with Crippen molar-refractivity contribution in [2.75, 3.05) is 19.8 Å². The van der Waals surface area contributed by atoms with Crippen molar-refractivity contribution in [1.29, 1.82) is 0 Å². The van der Waals surface area contributed by atoms with E-state index in [0.29, 0.717) is 35.6 Å². The highest BCUT2D eigenvalue weighted by molar-refractivity contribution is 6.34. The zero-order chi connectivity index (χ0) is 12.7. The molecule has 0 unspecified atom stereocenters. The van der Waals surface area contributed by atoms with Gasteiger partial charge in [-0.25, -0.2) is 0 Å². The normalized spacial score (nSPS) is 10.9. The lowest BCUT2D eigenvalue weighted by Crippen LogP contribution is -2.25. The summed E-state index contributed by atoms with van der Waals surface area (Å²) < 4.78 is 16.2. The lowest BCUT2D eigenvalue weighted by molar-refractivity contribution is -0.152. The van der Waals surface area contributed by atoms with Crippen LogP contribution in [0.3, 0.4) is 0 Å². The summed E-state index contributed by atoms with van der Waals surface area (Å²) in [6.07, 6.45) is -0.372. The third kappa shape index (κ3) is 5.59. The van der Waals surface area contributed by atoms with E-state index in [1.54, 1.807) is 18.2 Å². The quantitative estimate of drug-likeness (QED) is 0.711. The number of halogens is 2. The van der Waals surface area contributed by atoms with Crippen LogP contribution < -0.4 is 4.74 Å². The number of rotatable bonds is 7. The molecule has 0 spiro atoms. The Labute approximate surface area is 112 Å². The van der Waals surface area contributed by atoms with Crippen LogP contribution in [-0.4, -0.2) is 26.1 Å². The molecule has 0 N–H and O–H groups in total. The monoisotopic (exact) mass is 278 g/mol. The summed E-state index contributed by atoms with van der Waals surface area (Å²) in [4.78, 5) is 0. The zero-order valence-corrected chi connectivity index (χ0v) is 11.4. The van der Waals surface area contributed by atoms with Crippen LogP contribution >= 0.6 is 23.2 Å². The van der Waals surface area contributed by atoms with E-state index in [4.69, 9.17) is 37.4 Å². The molecule has 0 saturated heterocycles. The number of hydrogen-bond acceptors (Lipinski definition) is 3. The van der Waals surface area contributed by atoms with E-state index in [2.05, 4.69) is 0 Å². The van der Waals surface area contributed by atoms with Gasteiger partial charge in [0.2, 0.25) is 0 Å². The predicted octanol–water partition coefficient (Wildman–Crippen LogP) is 3.77. The van der Waals surface area contributed by atoms with Crippen molar-refractivity contribution in [2.45, 2.75) is 20.1 Å². The summed E-state index contributed by atoms with van der Waals surface area (Å²) in [6, 6.07) is 5.04. The van der Waals surface area contributed by atoms with E-state index in [9.17, 15) is 0 Å². The molecule has 0 atom stereocenters. The van der Waals surface area contributed by atoms with Crippen molar-refractivity contribution in [3.63, 3.8) is 0 Å². The van der Waals surface area contributed by atoms with Crippen LogP contribution in [-0.2, 0) is 9.47 Å². The molecule has 0 heterocycles. The summed E-state index contributed by atoms with van der Waals surface area (Å²) in [5.41, 5.74) is 0. The Hall–Kier alpha value is -0.480. The van der Waals surface area contributed by atoms with Crippen molar-refractivity contribution in [1.82, 2.24) is 0 Å². The lowest BCUT2D eigenvalue weighted by Gasteiger charge is -2.17. The summed E-state index contributed by atoms with van der Waals surface area (Å²) in [5.74, 6) is 0.604. The van der Waals surface area contributed by atoms with Gasteiger partial charge in [-0.05, 0) is 32.0 Å². The smallest absolute Gasteiger partial charge is 0.191 e. The third-order valence-corrected chi connectivity index (χ3v) is 2.36. The Bertz CT molecular complexity index is 318. The van der Waals surface area contributed by atoms with E-state index in [-0.39, 0.29) is 6.29 Å². The molecule has 0 aliphatic rings. The fourth-order valence-corrected chi connectivity index (χ4v) is 1.80. The van der Waals surface area contributed by atoms with Gasteiger partial charge in [-0.15, -0.1) is 0 Å². The molecule has 0 aliphatic heterocycles. The maximum Gasteiger partial charge on any atom is 0.191 e. The average molecular weight is 279 g/mol. The van der Waals surface area contributed by atoms with Gasteiger partial charge in [-0.3, -0.25) is 0 Å². The molecule has 1 aromatic carbocycles. The Morgan fingerprint density at radius 2 is 1.53 bits per heavy atom. The van der Waals surface area contributed by atoms with E-state index >= 15 is 0 Å². The molecule has 0 saturated carbocycles. The predicted molar refractivity (Wildman–Crippen MR) is 69.0 cm³/mol. The Balaban J connectivity index is 2.52. The van der Waals surface area contributed by atoms with Crippen molar-refractivity contribution < 1.29 is 14.2 Å². The second-order valence-corrected chi connectivity index (χ2v) is 4.13. The van der Waals surface area contributed by atoms with Crippen molar-refractivity contribution in [3.05, 3.63) is 28.2 Å². The van der Waals surface area contributed by atoms with Crippen molar-refractivity contribution >= 4 is 23.2 Å². The zero-order valence-electron chi connectivity index (χ0n) is 9.91. The van der Waals surface area contributed by atoms with Gasteiger partial charge < -0.3 is 14.2 Å². The van der Waals surface area contributed by atoms with Crippen LogP contribution in [0.2, 0.25) is 10.0 Å². The molecule has 5 heteroatoms. The molecule has 0 radical (unpaired) electrons. The lowest BCUT2D eigenvalue weighted by atomic mass is 10.3. The summed E-state index contributed by atoms with van der Waals surface area (Å²) in [6.45, 7) is 5.26. The molecule has 0 bridgehead atoms.